The van der Waals surface area contributed by atoms with Crippen LogP contribution in [0.2, 0.25) is 10.0 Å². The average molecular weight is 420 g/mol. The first kappa shape index (κ1) is 18.9. The van der Waals surface area contributed by atoms with E-state index in [2.05, 4.69) is 20.2 Å². The van der Waals surface area contributed by atoms with E-state index in [1.165, 1.54) is 0 Å². The smallest absolute Gasteiger partial charge is 0.268 e. The summed E-state index contributed by atoms with van der Waals surface area (Å²) in [6, 6.07) is 5.20. The molecule has 4 rings (SSSR count). The number of hydrogen-bond donors (Lipinski definition) is 3. The summed E-state index contributed by atoms with van der Waals surface area (Å²) in [5.74, 6) is -0.262. The number of carbonyl (C=O) groups is 1. The Morgan fingerprint density at radius 2 is 1.96 bits per heavy atom. The van der Waals surface area contributed by atoms with Gasteiger partial charge in [0.2, 0.25) is 5.95 Å². The summed E-state index contributed by atoms with van der Waals surface area (Å²) in [4.78, 5) is 23.1. The molecule has 146 valence electrons. The molecular formula is C18H19Cl2N7O. The van der Waals surface area contributed by atoms with Crippen LogP contribution in [0.15, 0.2) is 18.2 Å². The van der Waals surface area contributed by atoms with Crippen molar-refractivity contribution in [2.45, 2.75) is 25.3 Å². The zero-order valence-corrected chi connectivity index (χ0v) is 16.7. The van der Waals surface area contributed by atoms with Gasteiger partial charge in [0.05, 0.1) is 21.1 Å². The quantitative estimate of drug-likeness (QED) is 0.598. The van der Waals surface area contributed by atoms with Crippen LogP contribution in [-0.4, -0.2) is 44.7 Å². The Bertz CT molecular complexity index is 1070. The zero-order valence-electron chi connectivity index (χ0n) is 15.2. The fourth-order valence-corrected chi connectivity index (χ4v) is 3.74. The van der Waals surface area contributed by atoms with Crippen molar-refractivity contribution in [3.8, 4) is 11.3 Å². The van der Waals surface area contributed by atoms with E-state index in [4.69, 9.17) is 34.7 Å². The van der Waals surface area contributed by atoms with Gasteiger partial charge in [-0.3, -0.25) is 9.89 Å². The monoisotopic (exact) mass is 419 g/mol. The highest BCUT2D eigenvalue weighted by Crippen LogP contribution is 2.37. The molecule has 0 spiro atoms. The Kier molecular flexibility index (Phi) is 4.65. The highest BCUT2D eigenvalue weighted by atomic mass is 35.5. The summed E-state index contributed by atoms with van der Waals surface area (Å²) in [5, 5.41) is 8.30. The average Bonchev–Trinajstić information content (AvgIpc) is 3.07. The number of anilines is 1. The van der Waals surface area contributed by atoms with Gasteiger partial charge in [0, 0.05) is 24.2 Å². The highest BCUT2D eigenvalue weighted by molar-refractivity contribution is 6.43. The number of primary amides is 1. The fourth-order valence-electron chi connectivity index (χ4n) is 3.34. The van der Waals surface area contributed by atoms with Crippen LogP contribution in [0.5, 0.6) is 0 Å². The van der Waals surface area contributed by atoms with Crippen molar-refractivity contribution in [1.29, 1.82) is 0 Å². The van der Waals surface area contributed by atoms with Gasteiger partial charge < -0.3 is 16.4 Å². The molecule has 0 radical (unpaired) electrons. The number of rotatable bonds is 3. The fraction of sp³-hybridized carbons (Fsp3) is 0.333. The molecule has 1 aliphatic heterocycles. The molecule has 28 heavy (non-hydrogen) atoms. The normalized spacial score (nSPS) is 16.5. The Labute approximate surface area is 171 Å². The molecule has 1 aliphatic rings. The van der Waals surface area contributed by atoms with E-state index in [9.17, 15) is 4.79 Å². The first-order chi connectivity index (χ1) is 13.3. The van der Waals surface area contributed by atoms with Crippen molar-refractivity contribution < 1.29 is 4.79 Å². The summed E-state index contributed by atoms with van der Waals surface area (Å²) in [5.41, 5.74) is 13.1. The van der Waals surface area contributed by atoms with Crippen LogP contribution in [0.25, 0.3) is 22.3 Å². The van der Waals surface area contributed by atoms with Gasteiger partial charge in [-0.15, -0.1) is 0 Å². The molecule has 1 amide bonds. The second-order valence-electron chi connectivity index (χ2n) is 7.28. The Morgan fingerprint density at radius 1 is 1.25 bits per heavy atom. The zero-order chi connectivity index (χ0) is 20.1. The number of benzene rings is 1. The van der Waals surface area contributed by atoms with Gasteiger partial charge in [0.25, 0.3) is 5.91 Å². The minimum absolute atomic E-state index is 0.0841. The molecule has 0 saturated carbocycles. The molecule has 3 heterocycles. The van der Waals surface area contributed by atoms with Crippen LogP contribution < -0.4 is 16.4 Å². The van der Waals surface area contributed by atoms with Crippen LogP contribution in [0, 0.1) is 0 Å². The topological polar surface area (TPSA) is 127 Å². The molecular weight excluding hydrogens is 401 g/mol. The van der Waals surface area contributed by atoms with Gasteiger partial charge in [0.1, 0.15) is 5.69 Å². The second kappa shape index (κ2) is 6.88. The van der Waals surface area contributed by atoms with Crippen molar-refractivity contribution in [2.24, 2.45) is 11.5 Å². The van der Waals surface area contributed by atoms with Crippen molar-refractivity contribution in [3.05, 3.63) is 33.9 Å². The van der Waals surface area contributed by atoms with Gasteiger partial charge in [0.15, 0.2) is 5.65 Å². The molecule has 1 saturated heterocycles. The van der Waals surface area contributed by atoms with Crippen LogP contribution in [0.3, 0.4) is 0 Å². The number of amides is 1. The van der Waals surface area contributed by atoms with E-state index >= 15 is 0 Å². The molecule has 5 N–H and O–H groups in total. The van der Waals surface area contributed by atoms with Gasteiger partial charge in [-0.2, -0.15) is 10.1 Å². The summed E-state index contributed by atoms with van der Waals surface area (Å²) in [6.07, 6.45) is 1.59. The molecule has 10 heteroatoms. The number of halogens is 2. The standard InChI is InChI=1S/C18H19Cl2N7O/c1-18(22)5-7-27(8-6-18)17-23-14(15(21)28)11-13(25-26-16(11)24-17)9-3-2-4-10(19)12(9)20/h2-4H,5-8,22H2,1H3,(H2,21,28)(H,23,24,25,26). The lowest BCUT2D eigenvalue weighted by molar-refractivity contribution is 0.0997. The summed E-state index contributed by atoms with van der Waals surface area (Å²) < 4.78 is 0. The third kappa shape index (κ3) is 3.28. The predicted octanol–water partition coefficient (Wildman–Crippen LogP) is 2.74. The van der Waals surface area contributed by atoms with Gasteiger partial charge in [-0.25, -0.2) is 4.98 Å². The van der Waals surface area contributed by atoms with Crippen molar-refractivity contribution in [3.63, 3.8) is 0 Å². The lowest BCUT2D eigenvalue weighted by Crippen LogP contribution is -2.48. The highest BCUT2D eigenvalue weighted by Gasteiger charge is 2.29. The summed E-state index contributed by atoms with van der Waals surface area (Å²) in [7, 11) is 0. The number of nitrogens with one attached hydrogen (secondary N) is 1. The predicted molar refractivity (Wildman–Crippen MR) is 110 cm³/mol. The number of aromatic amines is 1. The van der Waals surface area contributed by atoms with Gasteiger partial charge in [-0.1, -0.05) is 35.3 Å². The molecule has 2 aromatic heterocycles. The van der Waals surface area contributed by atoms with E-state index in [1.807, 2.05) is 11.8 Å². The number of fused-ring (bicyclic) bond motifs is 1. The lowest BCUT2D eigenvalue weighted by Gasteiger charge is -2.36. The van der Waals surface area contributed by atoms with Gasteiger partial charge in [-0.05, 0) is 25.8 Å². The second-order valence-corrected chi connectivity index (χ2v) is 8.06. The minimum atomic E-state index is -0.671. The Hall–Kier alpha value is -2.42. The van der Waals surface area contributed by atoms with Crippen molar-refractivity contribution >= 4 is 46.1 Å². The third-order valence-corrected chi connectivity index (χ3v) is 5.86. The van der Waals surface area contributed by atoms with Gasteiger partial charge >= 0.3 is 0 Å². The van der Waals surface area contributed by atoms with Crippen LogP contribution in [0.4, 0.5) is 5.95 Å². The number of H-pyrrole nitrogens is 1. The minimum Gasteiger partial charge on any atom is -0.364 e. The molecule has 0 atom stereocenters. The number of carbonyl (C=O) groups excluding carboxylic acids is 1. The van der Waals surface area contributed by atoms with E-state index in [0.29, 0.717) is 51.4 Å². The summed E-state index contributed by atoms with van der Waals surface area (Å²) in [6.45, 7) is 3.40. The van der Waals surface area contributed by atoms with E-state index in [1.54, 1.807) is 18.2 Å². The number of hydrogen-bond acceptors (Lipinski definition) is 6. The molecule has 0 bridgehead atoms. The Balaban J connectivity index is 1.84. The number of piperidine rings is 1. The van der Waals surface area contributed by atoms with E-state index < -0.39 is 5.91 Å². The molecule has 1 fully saturated rings. The van der Waals surface area contributed by atoms with Crippen LogP contribution in [-0.2, 0) is 0 Å². The summed E-state index contributed by atoms with van der Waals surface area (Å²) >= 11 is 12.5. The molecule has 3 aromatic rings. The third-order valence-electron chi connectivity index (χ3n) is 5.04. The number of nitrogens with zero attached hydrogens (tertiary/aromatic N) is 4. The first-order valence-electron chi connectivity index (χ1n) is 8.81. The maximum atomic E-state index is 12.2. The van der Waals surface area contributed by atoms with Crippen molar-refractivity contribution in [2.75, 3.05) is 18.0 Å². The molecule has 0 aliphatic carbocycles. The maximum Gasteiger partial charge on any atom is 0.268 e. The van der Waals surface area contributed by atoms with Crippen LogP contribution >= 0.6 is 23.2 Å². The SMILES string of the molecule is CC1(N)CCN(c2nc(C(N)=O)c3c(-c4cccc(Cl)c4Cl)[nH]nc3n2)CC1. The maximum absolute atomic E-state index is 12.2. The molecule has 8 nitrogen and oxygen atoms in total. The van der Waals surface area contributed by atoms with Crippen molar-refractivity contribution in [1.82, 2.24) is 20.2 Å². The number of aromatic nitrogens is 4. The van der Waals surface area contributed by atoms with E-state index in [0.717, 1.165) is 12.8 Å². The largest absolute Gasteiger partial charge is 0.364 e. The van der Waals surface area contributed by atoms with E-state index in [-0.39, 0.29) is 11.2 Å². The molecule has 0 unspecified atom stereocenters. The lowest BCUT2D eigenvalue weighted by atomic mass is 9.91. The molecule has 1 aromatic carbocycles. The number of nitrogens with two attached hydrogens (primary N) is 2. The van der Waals surface area contributed by atoms with Crippen LogP contribution in [0.1, 0.15) is 30.3 Å². The Morgan fingerprint density at radius 3 is 2.64 bits per heavy atom. The first-order valence-corrected chi connectivity index (χ1v) is 9.56.